The number of hydrogen-bond donors (Lipinski definition) is 1. The summed E-state index contributed by atoms with van der Waals surface area (Å²) in [6.07, 6.45) is 0. The molecule has 5 nitrogen and oxygen atoms in total. The third-order valence-electron chi connectivity index (χ3n) is 4.62. The second-order valence-electron chi connectivity index (χ2n) is 6.59. The predicted molar refractivity (Wildman–Crippen MR) is 113 cm³/mol. The van der Waals surface area contributed by atoms with Crippen LogP contribution in [0.25, 0.3) is 0 Å². The summed E-state index contributed by atoms with van der Waals surface area (Å²) in [5.74, 6) is -1.24. The molecule has 0 bridgehead atoms. The van der Waals surface area contributed by atoms with Gasteiger partial charge in [-0.1, -0.05) is 41.4 Å². The van der Waals surface area contributed by atoms with Crippen LogP contribution in [0.15, 0.2) is 60.7 Å². The molecular formula is C22H14Cl2N2O3. The van der Waals surface area contributed by atoms with Crippen molar-refractivity contribution in [3.05, 3.63) is 93.0 Å². The third-order valence-corrected chi connectivity index (χ3v) is 5.25. The fourth-order valence-corrected chi connectivity index (χ4v) is 3.71. The third kappa shape index (κ3) is 3.39. The van der Waals surface area contributed by atoms with E-state index in [1.807, 2.05) is 6.92 Å². The Kier molecular flexibility index (Phi) is 4.86. The molecule has 1 aliphatic rings. The van der Waals surface area contributed by atoms with Crippen molar-refractivity contribution in [2.75, 3.05) is 10.2 Å². The van der Waals surface area contributed by atoms with Crippen LogP contribution in [0.4, 0.5) is 11.4 Å². The molecule has 3 aromatic rings. The average molecular weight is 425 g/mol. The Labute approximate surface area is 176 Å². The van der Waals surface area contributed by atoms with Crippen LogP contribution < -0.4 is 10.2 Å². The first kappa shape index (κ1) is 19.2. The van der Waals surface area contributed by atoms with Gasteiger partial charge in [0.1, 0.15) is 0 Å². The van der Waals surface area contributed by atoms with E-state index >= 15 is 0 Å². The van der Waals surface area contributed by atoms with Gasteiger partial charge in [0.2, 0.25) is 0 Å². The van der Waals surface area contributed by atoms with Gasteiger partial charge >= 0.3 is 0 Å². The van der Waals surface area contributed by atoms with Crippen LogP contribution in [0.5, 0.6) is 0 Å². The summed E-state index contributed by atoms with van der Waals surface area (Å²) in [7, 11) is 0. The number of benzene rings is 3. The number of nitrogens with zero attached hydrogens (tertiary/aromatic N) is 1. The fourth-order valence-electron chi connectivity index (χ4n) is 3.16. The lowest BCUT2D eigenvalue weighted by molar-refractivity contribution is 0.0924. The second kappa shape index (κ2) is 7.35. The van der Waals surface area contributed by atoms with E-state index in [2.05, 4.69) is 5.32 Å². The van der Waals surface area contributed by atoms with Crippen LogP contribution >= 0.6 is 23.2 Å². The molecule has 3 aromatic carbocycles. The number of carbonyl (C=O) groups is 3. The predicted octanol–water partition coefficient (Wildman–Crippen LogP) is 5.35. The first-order valence-corrected chi connectivity index (χ1v) is 9.47. The van der Waals surface area contributed by atoms with Crippen molar-refractivity contribution in [3.8, 4) is 0 Å². The Morgan fingerprint density at radius 1 is 0.862 bits per heavy atom. The van der Waals surface area contributed by atoms with Gasteiger partial charge in [-0.25, -0.2) is 4.90 Å². The molecule has 7 heteroatoms. The zero-order valence-electron chi connectivity index (χ0n) is 15.2. The van der Waals surface area contributed by atoms with Crippen molar-refractivity contribution < 1.29 is 14.4 Å². The number of amides is 3. The molecule has 1 heterocycles. The van der Waals surface area contributed by atoms with E-state index in [1.54, 1.807) is 54.6 Å². The number of anilines is 2. The molecule has 1 aliphatic heterocycles. The van der Waals surface area contributed by atoms with Crippen molar-refractivity contribution in [2.24, 2.45) is 0 Å². The molecule has 1 N–H and O–H groups in total. The highest BCUT2D eigenvalue weighted by atomic mass is 35.5. The van der Waals surface area contributed by atoms with Crippen molar-refractivity contribution in [3.63, 3.8) is 0 Å². The van der Waals surface area contributed by atoms with E-state index in [0.29, 0.717) is 33.1 Å². The van der Waals surface area contributed by atoms with Gasteiger partial charge in [-0.3, -0.25) is 14.4 Å². The van der Waals surface area contributed by atoms with E-state index < -0.39 is 17.7 Å². The zero-order chi connectivity index (χ0) is 20.7. The maximum atomic E-state index is 12.6. The summed E-state index contributed by atoms with van der Waals surface area (Å²) < 4.78 is 0. The van der Waals surface area contributed by atoms with Gasteiger partial charge in [0, 0.05) is 0 Å². The van der Waals surface area contributed by atoms with E-state index in [1.165, 1.54) is 6.07 Å². The Balaban J connectivity index is 1.60. The van der Waals surface area contributed by atoms with Gasteiger partial charge in [0.05, 0.1) is 38.1 Å². The number of imide groups is 1. The number of hydrogen-bond acceptors (Lipinski definition) is 3. The number of aryl methyl sites for hydroxylation is 1. The molecular weight excluding hydrogens is 411 g/mol. The molecule has 0 saturated carbocycles. The Morgan fingerprint density at radius 2 is 1.52 bits per heavy atom. The van der Waals surface area contributed by atoms with Crippen LogP contribution in [0.2, 0.25) is 10.0 Å². The van der Waals surface area contributed by atoms with Crippen LogP contribution in [0.1, 0.15) is 36.6 Å². The fraction of sp³-hybridized carbons (Fsp3) is 0.0455. The van der Waals surface area contributed by atoms with Crippen molar-refractivity contribution in [1.82, 2.24) is 0 Å². The number of rotatable bonds is 3. The highest BCUT2D eigenvalue weighted by molar-refractivity contribution is 6.37. The molecule has 29 heavy (non-hydrogen) atoms. The largest absolute Gasteiger partial charge is 0.321 e. The van der Waals surface area contributed by atoms with E-state index in [-0.39, 0.29) is 5.02 Å². The van der Waals surface area contributed by atoms with E-state index in [4.69, 9.17) is 23.2 Å². The van der Waals surface area contributed by atoms with Gasteiger partial charge < -0.3 is 5.32 Å². The highest BCUT2D eigenvalue weighted by Gasteiger charge is 2.36. The first-order valence-electron chi connectivity index (χ1n) is 8.71. The normalized spacial score (nSPS) is 12.9. The van der Waals surface area contributed by atoms with Crippen molar-refractivity contribution in [1.29, 1.82) is 0 Å². The molecule has 0 aliphatic carbocycles. The summed E-state index contributed by atoms with van der Waals surface area (Å²) in [6, 6.07) is 16.3. The van der Waals surface area contributed by atoms with Crippen LogP contribution in [-0.2, 0) is 0 Å². The number of fused-ring (bicyclic) bond motifs is 1. The second-order valence-corrected chi connectivity index (χ2v) is 7.41. The number of nitrogens with one attached hydrogen (secondary N) is 1. The summed E-state index contributed by atoms with van der Waals surface area (Å²) >= 11 is 12.5. The van der Waals surface area contributed by atoms with Crippen LogP contribution in [0.3, 0.4) is 0 Å². The minimum Gasteiger partial charge on any atom is -0.321 e. The van der Waals surface area contributed by atoms with Gasteiger partial charge in [0.25, 0.3) is 17.7 Å². The summed E-state index contributed by atoms with van der Waals surface area (Å²) in [4.78, 5) is 38.8. The summed E-state index contributed by atoms with van der Waals surface area (Å²) in [6.45, 7) is 1.88. The molecule has 0 radical (unpaired) electrons. The first-order chi connectivity index (χ1) is 13.9. The quantitative estimate of drug-likeness (QED) is 0.575. The molecule has 0 saturated heterocycles. The molecule has 0 unspecified atom stereocenters. The minimum absolute atomic E-state index is 0.190. The Hall–Kier alpha value is -3.15. The number of halogens is 2. The maximum Gasteiger partial charge on any atom is 0.266 e. The van der Waals surface area contributed by atoms with Gasteiger partial charge in [-0.05, 0) is 55.0 Å². The molecule has 0 atom stereocenters. The number of carbonyl (C=O) groups excluding carboxylic acids is 3. The molecule has 4 rings (SSSR count). The van der Waals surface area contributed by atoms with Crippen LogP contribution in [-0.4, -0.2) is 17.7 Å². The Morgan fingerprint density at radius 3 is 2.10 bits per heavy atom. The van der Waals surface area contributed by atoms with Gasteiger partial charge in [-0.2, -0.15) is 0 Å². The lowest BCUT2D eigenvalue weighted by atomic mass is 10.1. The van der Waals surface area contributed by atoms with Crippen molar-refractivity contribution in [2.45, 2.75) is 6.92 Å². The van der Waals surface area contributed by atoms with E-state index in [0.717, 1.165) is 10.5 Å². The molecule has 144 valence electrons. The molecule has 0 aromatic heterocycles. The highest BCUT2D eigenvalue weighted by Crippen LogP contribution is 2.33. The van der Waals surface area contributed by atoms with Crippen LogP contribution in [0, 0.1) is 6.92 Å². The monoisotopic (exact) mass is 424 g/mol. The zero-order valence-corrected chi connectivity index (χ0v) is 16.7. The van der Waals surface area contributed by atoms with Crippen molar-refractivity contribution >= 4 is 52.3 Å². The Bertz CT molecular complexity index is 1160. The maximum absolute atomic E-state index is 12.6. The SMILES string of the molecule is Cc1ccc(C(=O)Nc2ccc(N3C(=O)c4ccccc4C3=O)cc2Cl)c(Cl)c1. The van der Waals surface area contributed by atoms with Gasteiger partial charge in [-0.15, -0.1) is 0 Å². The lowest BCUT2D eigenvalue weighted by Crippen LogP contribution is -2.29. The average Bonchev–Trinajstić information content (AvgIpc) is 2.94. The van der Waals surface area contributed by atoms with Gasteiger partial charge in [0.15, 0.2) is 0 Å². The summed E-state index contributed by atoms with van der Waals surface area (Å²) in [5.41, 5.74) is 2.62. The molecule has 3 amide bonds. The smallest absolute Gasteiger partial charge is 0.266 e. The standard InChI is InChI=1S/C22H14Cl2N2O3/c1-12-6-8-16(17(23)10-12)20(27)25-19-9-7-13(11-18(19)24)26-21(28)14-4-2-3-5-15(14)22(26)29/h2-11H,1H3,(H,25,27). The minimum atomic E-state index is -0.412. The summed E-state index contributed by atoms with van der Waals surface area (Å²) in [5, 5.41) is 3.23. The van der Waals surface area contributed by atoms with E-state index in [9.17, 15) is 14.4 Å². The lowest BCUT2D eigenvalue weighted by Gasteiger charge is -2.16. The molecule has 0 spiro atoms. The molecule has 0 fully saturated rings. The topological polar surface area (TPSA) is 66.5 Å².